The Morgan fingerprint density at radius 3 is 3.00 bits per heavy atom. The molecular formula is C14H25FN2O2. The van der Waals surface area contributed by atoms with Crippen molar-refractivity contribution in [2.45, 2.75) is 50.9 Å². The monoisotopic (exact) mass is 272 g/mol. The molecule has 110 valence electrons. The van der Waals surface area contributed by atoms with Gasteiger partial charge in [-0.05, 0) is 44.8 Å². The zero-order valence-corrected chi connectivity index (χ0v) is 11.9. The third-order valence-electron chi connectivity index (χ3n) is 4.52. The van der Waals surface area contributed by atoms with E-state index in [0.717, 1.165) is 38.9 Å². The molecule has 5 heteroatoms. The van der Waals surface area contributed by atoms with E-state index >= 15 is 0 Å². The van der Waals surface area contributed by atoms with Gasteiger partial charge >= 0.3 is 5.97 Å². The average molecular weight is 272 g/mol. The highest BCUT2D eigenvalue weighted by atomic mass is 19.1. The number of ether oxygens (including phenoxy) is 1. The predicted octanol–water partition coefficient (Wildman–Crippen LogP) is 1.35. The van der Waals surface area contributed by atoms with Gasteiger partial charge in [0.2, 0.25) is 0 Å². The summed E-state index contributed by atoms with van der Waals surface area (Å²) >= 11 is 0. The first kappa shape index (κ1) is 14.7. The number of alkyl halides is 1. The van der Waals surface area contributed by atoms with E-state index in [-0.39, 0.29) is 12.5 Å². The second kappa shape index (κ2) is 6.66. The first-order valence-corrected chi connectivity index (χ1v) is 7.32. The highest BCUT2D eigenvalue weighted by Crippen LogP contribution is 2.30. The van der Waals surface area contributed by atoms with Gasteiger partial charge in [0.05, 0.1) is 7.11 Å². The van der Waals surface area contributed by atoms with E-state index in [9.17, 15) is 9.18 Å². The lowest BCUT2D eigenvalue weighted by Crippen LogP contribution is -2.51. The van der Waals surface area contributed by atoms with Gasteiger partial charge in [-0.15, -0.1) is 0 Å². The molecule has 19 heavy (non-hydrogen) atoms. The van der Waals surface area contributed by atoms with Gasteiger partial charge in [0.25, 0.3) is 0 Å². The number of esters is 1. The number of hydrogen-bond donors (Lipinski definition) is 1. The van der Waals surface area contributed by atoms with Crippen molar-refractivity contribution < 1.29 is 13.9 Å². The van der Waals surface area contributed by atoms with E-state index in [4.69, 9.17) is 0 Å². The Morgan fingerprint density at radius 1 is 1.53 bits per heavy atom. The molecule has 0 bridgehead atoms. The zero-order valence-electron chi connectivity index (χ0n) is 11.9. The van der Waals surface area contributed by atoms with Crippen LogP contribution in [0.3, 0.4) is 0 Å². The van der Waals surface area contributed by atoms with Gasteiger partial charge in [-0.25, -0.2) is 9.18 Å². The van der Waals surface area contributed by atoms with Crippen LogP contribution in [0, 0.1) is 5.92 Å². The number of hydrogen-bond acceptors (Lipinski definition) is 4. The Balaban J connectivity index is 1.94. The van der Waals surface area contributed by atoms with Crippen LogP contribution in [0.15, 0.2) is 0 Å². The fraction of sp³-hybridized carbons (Fsp3) is 0.929. The van der Waals surface area contributed by atoms with Crippen LogP contribution < -0.4 is 5.32 Å². The van der Waals surface area contributed by atoms with Crippen LogP contribution in [0.25, 0.3) is 0 Å². The molecule has 0 aromatic rings. The molecule has 2 rings (SSSR count). The van der Waals surface area contributed by atoms with Crippen molar-refractivity contribution in [3.8, 4) is 0 Å². The van der Waals surface area contributed by atoms with Gasteiger partial charge in [0.1, 0.15) is 0 Å². The number of piperidine rings is 1. The number of nitrogens with zero attached hydrogens (tertiary/aromatic N) is 1. The van der Waals surface area contributed by atoms with E-state index < -0.39 is 12.1 Å². The molecule has 0 radical (unpaired) electrons. The molecule has 0 aliphatic carbocycles. The number of carbonyl (C=O) groups is 1. The zero-order chi connectivity index (χ0) is 13.8. The summed E-state index contributed by atoms with van der Waals surface area (Å²) in [5, 5.41) is 3.40. The molecule has 4 atom stereocenters. The minimum Gasteiger partial charge on any atom is -0.467 e. The number of halogens is 1. The van der Waals surface area contributed by atoms with Gasteiger partial charge in [-0.1, -0.05) is 6.92 Å². The van der Waals surface area contributed by atoms with Gasteiger partial charge < -0.3 is 10.1 Å². The summed E-state index contributed by atoms with van der Waals surface area (Å²) in [4.78, 5) is 13.7. The maximum absolute atomic E-state index is 13.8. The van der Waals surface area contributed by atoms with Gasteiger partial charge in [0.15, 0.2) is 6.17 Å². The summed E-state index contributed by atoms with van der Waals surface area (Å²) < 4.78 is 18.3. The Morgan fingerprint density at radius 2 is 2.32 bits per heavy atom. The van der Waals surface area contributed by atoms with E-state index in [0.29, 0.717) is 12.0 Å². The van der Waals surface area contributed by atoms with Crippen molar-refractivity contribution in [2.75, 3.05) is 26.7 Å². The maximum Gasteiger partial charge on any atom is 0.340 e. The lowest BCUT2D eigenvalue weighted by Gasteiger charge is -2.40. The van der Waals surface area contributed by atoms with E-state index in [1.807, 2.05) is 0 Å². The highest BCUT2D eigenvalue weighted by Gasteiger charge is 2.37. The molecule has 2 saturated heterocycles. The van der Waals surface area contributed by atoms with Crippen molar-refractivity contribution >= 4 is 5.97 Å². The molecule has 1 N–H and O–H groups in total. The van der Waals surface area contributed by atoms with Gasteiger partial charge in [0, 0.05) is 18.5 Å². The van der Waals surface area contributed by atoms with Crippen LogP contribution in [0.1, 0.15) is 32.6 Å². The second-order valence-electron chi connectivity index (χ2n) is 5.80. The third kappa shape index (κ3) is 3.45. The molecule has 0 aromatic heterocycles. The highest BCUT2D eigenvalue weighted by molar-refractivity contribution is 5.74. The van der Waals surface area contributed by atoms with Crippen molar-refractivity contribution in [2.24, 2.45) is 5.92 Å². The summed E-state index contributed by atoms with van der Waals surface area (Å²) in [6, 6.07) is 0.721. The SMILES string of the molecule is COC(=O)C(F)CC1CCCN1C1CCNCC1C. The Bertz CT molecular complexity index is 314. The van der Waals surface area contributed by atoms with E-state index in [1.54, 1.807) is 0 Å². The third-order valence-corrected chi connectivity index (χ3v) is 4.52. The maximum atomic E-state index is 13.8. The fourth-order valence-electron chi connectivity index (χ4n) is 3.50. The molecule has 0 saturated carbocycles. The second-order valence-corrected chi connectivity index (χ2v) is 5.80. The van der Waals surface area contributed by atoms with Gasteiger partial charge in [-0.3, -0.25) is 4.90 Å². The molecule has 4 nitrogen and oxygen atoms in total. The summed E-state index contributed by atoms with van der Waals surface area (Å²) in [6.07, 6.45) is 2.02. The Hall–Kier alpha value is -0.680. The van der Waals surface area contributed by atoms with Crippen molar-refractivity contribution in [3.63, 3.8) is 0 Å². The van der Waals surface area contributed by atoms with E-state index in [1.165, 1.54) is 7.11 Å². The standard InChI is InChI=1S/C14H25FN2O2/c1-10-9-16-6-5-13(10)17-7-3-4-11(17)8-12(15)14(18)19-2/h10-13,16H,3-9H2,1-2H3. The summed E-state index contributed by atoms with van der Waals surface area (Å²) in [5.41, 5.74) is 0. The lowest BCUT2D eigenvalue weighted by molar-refractivity contribution is -0.147. The first-order chi connectivity index (χ1) is 9.13. The number of carbonyl (C=O) groups excluding carboxylic acids is 1. The Kier molecular flexibility index (Phi) is 5.16. The molecule has 2 aliphatic rings. The molecule has 2 fully saturated rings. The van der Waals surface area contributed by atoms with Gasteiger partial charge in [-0.2, -0.15) is 0 Å². The number of rotatable bonds is 4. The normalized spacial score (nSPS) is 34.2. The molecule has 0 aromatic carbocycles. The average Bonchev–Trinajstić information content (AvgIpc) is 2.86. The van der Waals surface area contributed by atoms with Crippen LogP contribution in [0.5, 0.6) is 0 Å². The molecule has 0 amide bonds. The van der Waals surface area contributed by atoms with Crippen LogP contribution >= 0.6 is 0 Å². The van der Waals surface area contributed by atoms with Crippen molar-refractivity contribution in [1.29, 1.82) is 0 Å². The minimum absolute atomic E-state index is 0.194. The van der Waals surface area contributed by atoms with Crippen molar-refractivity contribution in [1.82, 2.24) is 10.2 Å². The summed E-state index contributed by atoms with van der Waals surface area (Å²) in [5.74, 6) is -0.143. The minimum atomic E-state index is -1.48. The van der Waals surface area contributed by atoms with Crippen molar-refractivity contribution in [3.05, 3.63) is 0 Å². The largest absolute Gasteiger partial charge is 0.467 e. The molecule has 2 heterocycles. The van der Waals surface area contributed by atoms with Crippen LogP contribution in [-0.4, -0.2) is 55.9 Å². The quantitative estimate of drug-likeness (QED) is 0.784. The summed E-state index contributed by atoms with van der Waals surface area (Å²) in [7, 11) is 1.25. The molecular weight excluding hydrogens is 247 g/mol. The smallest absolute Gasteiger partial charge is 0.340 e. The molecule has 0 spiro atoms. The van der Waals surface area contributed by atoms with Crippen LogP contribution in [-0.2, 0) is 9.53 Å². The first-order valence-electron chi connectivity index (χ1n) is 7.32. The predicted molar refractivity (Wildman–Crippen MR) is 71.7 cm³/mol. The molecule has 4 unspecified atom stereocenters. The fourth-order valence-corrected chi connectivity index (χ4v) is 3.50. The van der Waals surface area contributed by atoms with Crippen LogP contribution in [0.4, 0.5) is 4.39 Å². The topological polar surface area (TPSA) is 41.6 Å². The Labute approximate surface area is 114 Å². The van der Waals surface area contributed by atoms with Crippen LogP contribution in [0.2, 0.25) is 0 Å². The number of likely N-dealkylation sites (tertiary alicyclic amines) is 1. The number of methoxy groups -OCH3 is 1. The lowest BCUT2D eigenvalue weighted by atomic mass is 9.92. The van der Waals surface area contributed by atoms with E-state index in [2.05, 4.69) is 21.9 Å². The number of nitrogens with one attached hydrogen (secondary N) is 1. The molecule has 2 aliphatic heterocycles. The summed E-state index contributed by atoms with van der Waals surface area (Å²) in [6.45, 7) is 5.35.